The summed E-state index contributed by atoms with van der Waals surface area (Å²) in [5.41, 5.74) is 0.242. The van der Waals surface area contributed by atoms with Crippen molar-refractivity contribution in [1.29, 1.82) is 0 Å². The fraction of sp³-hybridized carbons (Fsp3) is 0.750. The molecule has 8 heteroatoms. The second-order valence-corrected chi connectivity index (χ2v) is 9.31. The summed E-state index contributed by atoms with van der Waals surface area (Å²) in [4.78, 5) is 25.5. The summed E-state index contributed by atoms with van der Waals surface area (Å²) in [7, 11) is 3.26. The third kappa shape index (κ3) is 10.8. The van der Waals surface area contributed by atoms with Gasteiger partial charge >= 0.3 is 6.09 Å². The minimum Gasteiger partial charge on any atom is -0.444 e. The highest BCUT2D eigenvalue weighted by molar-refractivity contribution is 8.78. The Kier molecular flexibility index (Phi) is 11.2. The molecule has 0 unspecified atom stereocenters. The van der Waals surface area contributed by atoms with Crippen LogP contribution in [0.3, 0.4) is 0 Å². The maximum atomic E-state index is 11.6. The summed E-state index contributed by atoms with van der Waals surface area (Å²) in [6.07, 6.45) is 0.736. The summed E-state index contributed by atoms with van der Waals surface area (Å²) >= 11 is 0. The van der Waals surface area contributed by atoms with Gasteiger partial charge in [-0.1, -0.05) is 35.4 Å². The molecule has 0 fully saturated rings. The molecule has 0 aliphatic heterocycles. The van der Waals surface area contributed by atoms with E-state index < -0.39 is 11.7 Å². The molecule has 0 spiro atoms. The number of carbonyl (C=O) groups is 2. The minimum atomic E-state index is -0.552. The third-order valence-electron chi connectivity index (χ3n) is 2.66. The quantitative estimate of drug-likeness (QED) is 0.448. The molecule has 2 amide bonds. The number of nitrogens with zero attached hydrogens (tertiary/aromatic N) is 1. The Morgan fingerprint density at radius 1 is 1.38 bits per heavy atom. The van der Waals surface area contributed by atoms with Gasteiger partial charge in [-0.2, -0.15) is 0 Å². The van der Waals surface area contributed by atoms with Gasteiger partial charge in [-0.25, -0.2) is 4.79 Å². The SMILES string of the molecule is CC(=C(CCO)SSC(C)C)N(C=O)CCNC(=O)OC(C)(C)C. The number of aliphatic hydroxyl groups is 1. The van der Waals surface area contributed by atoms with Gasteiger partial charge in [-0.05, 0) is 27.7 Å². The first kappa shape index (κ1) is 23.1. The van der Waals surface area contributed by atoms with E-state index in [2.05, 4.69) is 19.2 Å². The van der Waals surface area contributed by atoms with E-state index in [9.17, 15) is 14.7 Å². The van der Waals surface area contributed by atoms with Gasteiger partial charge in [0.05, 0.1) is 0 Å². The molecule has 0 aliphatic rings. The lowest BCUT2D eigenvalue weighted by atomic mass is 10.2. The van der Waals surface area contributed by atoms with E-state index in [1.54, 1.807) is 42.4 Å². The van der Waals surface area contributed by atoms with Crippen molar-refractivity contribution in [3.8, 4) is 0 Å². The van der Waals surface area contributed by atoms with Crippen LogP contribution >= 0.6 is 21.6 Å². The zero-order chi connectivity index (χ0) is 18.8. The van der Waals surface area contributed by atoms with Crippen LogP contribution in [-0.2, 0) is 9.53 Å². The predicted molar refractivity (Wildman–Crippen MR) is 102 cm³/mol. The number of amides is 2. The van der Waals surface area contributed by atoms with Crippen molar-refractivity contribution in [1.82, 2.24) is 10.2 Å². The molecule has 0 rings (SSSR count). The van der Waals surface area contributed by atoms with E-state index in [4.69, 9.17) is 4.74 Å². The topological polar surface area (TPSA) is 78.9 Å². The molecule has 0 aromatic heterocycles. The fourth-order valence-corrected chi connectivity index (χ4v) is 3.85. The van der Waals surface area contributed by atoms with Crippen LogP contribution in [0.5, 0.6) is 0 Å². The van der Waals surface area contributed by atoms with Crippen LogP contribution in [-0.4, -0.2) is 53.1 Å². The highest BCUT2D eigenvalue weighted by atomic mass is 33.1. The maximum absolute atomic E-state index is 11.6. The van der Waals surface area contributed by atoms with Gasteiger partial charge in [-0.15, -0.1) is 0 Å². The smallest absolute Gasteiger partial charge is 0.407 e. The number of ether oxygens (including phenoxy) is 1. The average Bonchev–Trinajstić information content (AvgIpc) is 2.45. The Hall–Kier alpha value is -0.860. The monoisotopic (exact) mass is 378 g/mol. The molecule has 0 heterocycles. The molecular formula is C16H30N2O4S2. The van der Waals surface area contributed by atoms with Gasteiger partial charge in [0.25, 0.3) is 0 Å². The Morgan fingerprint density at radius 3 is 2.46 bits per heavy atom. The van der Waals surface area contributed by atoms with E-state index in [0.29, 0.717) is 24.8 Å². The molecule has 0 saturated carbocycles. The number of hydrogen-bond donors (Lipinski definition) is 2. The van der Waals surface area contributed by atoms with Gasteiger partial charge in [0.2, 0.25) is 6.41 Å². The van der Waals surface area contributed by atoms with Gasteiger partial charge in [-0.3, -0.25) is 4.79 Å². The van der Waals surface area contributed by atoms with Gasteiger partial charge in [0.15, 0.2) is 0 Å². The molecule has 6 nitrogen and oxygen atoms in total. The number of rotatable bonds is 10. The Balaban J connectivity index is 4.69. The molecule has 0 radical (unpaired) electrons. The molecule has 24 heavy (non-hydrogen) atoms. The summed E-state index contributed by atoms with van der Waals surface area (Å²) in [6, 6.07) is 0. The summed E-state index contributed by atoms with van der Waals surface area (Å²) in [5.74, 6) is 0. The number of hydrogen-bond acceptors (Lipinski definition) is 6. The van der Waals surface area contributed by atoms with E-state index in [-0.39, 0.29) is 6.61 Å². The summed E-state index contributed by atoms with van der Waals surface area (Å²) in [6.45, 7) is 12.1. The van der Waals surface area contributed by atoms with Crippen molar-refractivity contribution in [2.75, 3.05) is 19.7 Å². The summed E-state index contributed by atoms with van der Waals surface area (Å²) in [5, 5.41) is 12.3. The van der Waals surface area contributed by atoms with Crippen molar-refractivity contribution in [3.63, 3.8) is 0 Å². The zero-order valence-corrected chi connectivity index (χ0v) is 17.1. The molecule has 140 valence electrons. The molecule has 0 aromatic carbocycles. The molecule has 0 atom stereocenters. The minimum absolute atomic E-state index is 0.0290. The summed E-state index contributed by atoms with van der Waals surface area (Å²) < 4.78 is 5.16. The fourth-order valence-electron chi connectivity index (χ4n) is 1.59. The van der Waals surface area contributed by atoms with Crippen molar-refractivity contribution >= 4 is 34.1 Å². The molecule has 0 aromatic rings. The van der Waals surface area contributed by atoms with Crippen LogP contribution in [0.15, 0.2) is 10.6 Å². The highest BCUT2D eigenvalue weighted by Crippen LogP contribution is 2.37. The highest BCUT2D eigenvalue weighted by Gasteiger charge is 2.16. The molecule has 0 aliphatic carbocycles. The lowest BCUT2D eigenvalue weighted by molar-refractivity contribution is -0.116. The van der Waals surface area contributed by atoms with E-state index >= 15 is 0 Å². The van der Waals surface area contributed by atoms with Crippen LogP contribution in [0.25, 0.3) is 0 Å². The standard InChI is InChI=1S/C16H30N2O4S2/c1-12(2)23-24-14(7-10-19)13(3)18(11-20)9-8-17-15(21)22-16(4,5)6/h11-12,19H,7-10H2,1-6H3,(H,17,21). The van der Waals surface area contributed by atoms with E-state index in [1.165, 1.54) is 4.90 Å². The van der Waals surface area contributed by atoms with Crippen molar-refractivity contribution in [2.24, 2.45) is 0 Å². The number of aliphatic hydroxyl groups excluding tert-OH is 1. The van der Waals surface area contributed by atoms with Crippen LogP contribution in [0.1, 0.15) is 48.0 Å². The van der Waals surface area contributed by atoms with Gasteiger partial charge < -0.3 is 20.1 Å². The van der Waals surface area contributed by atoms with Crippen LogP contribution < -0.4 is 5.32 Å². The lowest BCUT2D eigenvalue weighted by Crippen LogP contribution is -2.37. The van der Waals surface area contributed by atoms with Crippen LogP contribution in [0, 0.1) is 0 Å². The van der Waals surface area contributed by atoms with Crippen LogP contribution in [0.2, 0.25) is 0 Å². The number of nitrogens with one attached hydrogen (secondary N) is 1. The maximum Gasteiger partial charge on any atom is 0.407 e. The number of alkyl carbamates (subject to hydrolysis) is 1. The first-order chi connectivity index (χ1) is 11.1. The Bertz CT molecular complexity index is 434. The molecule has 2 N–H and O–H groups in total. The zero-order valence-electron chi connectivity index (χ0n) is 15.4. The largest absolute Gasteiger partial charge is 0.444 e. The van der Waals surface area contributed by atoms with Gasteiger partial charge in [0, 0.05) is 42.0 Å². The molecular weight excluding hydrogens is 348 g/mol. The lowest BCUT2D eigenvalue weighted by Gasteiger charge is -2.23. The number of allylic oxidation sites excluding steroid dienone is 1. The van der Waals surface area contributed by atoms with E-state index in [1.807, 2.05) is 6.92 Å². The van der Waals surface area contributed by atoms with Crippen LogP contribution in [0.4, 0.5) is 4.79 Å². The normalized spacial score (nSPS) is 12.7. The Labute approximate surface area is 153 Å². The first-order valence-corrected chi connectivity index (χ1v) is 10.1. The molecule has 0 saturated heterocycles. The average molecular weight is 379 g/mol. The Morgan fingerprint density at radius 2 is 2.00 bits per heavy atom. The second kappa shape index (κ2) is 11.7. The van der Waals surface area contributed by atoms with E-state index in [0.717, 1.165) is 17.0 Å². The van der Waals surface area contributed by atoms with Crippen molar-refractivity contribution in [3.05, 3.63) is 10.6 Å². The van der Waals surface area contributed by atoms with Gasteiger partial charge in [0.1, 0.15) is 5.60 Å². The molecule has 0 bridgehead atoms. The second-order valence-electron chi connectivity index (χ2n) is 6.44. The third-order valence-corrected chi connectivity index (χ3v) is 5.89. The van der Waals surface area contributed by atoms with Crippen molar-refractivity contribution in [2.45, 2.75) is 58.8 Å². The van der Waals surface area contributed by atoms with Crippen molar-refractivity contribution < 1.29 is 19.4 Å². The predicted octanol–water partition coefficient (Wildman–Crippen LogP) is 3.37. The first-order valence-electron chi connectivity index (χ1n) is 7.93. The number of carbonyl (C=O) groups excluding carboxylic acids is 2.